The maximum atomic E-state index is 12.4. The molecule has 1 aromatic heterocycles. The molecule has 1 unspecified atom stereocenters. The Bertz CT molecular complexity index is 668. The molecule has 2 fully saturated rings. The summed E-state index contributed by atoms with van der Waals surface area (Å²) in [6, 6.07) is -0.0938. The van der Waals surface area contributed by atoms with E-state index in [0.29, 0.717) is 17.9 Å². The maximum absolute atomic E-state index is 12.4. The summed E-state index contributed by atoms with van der Waals surface area (Å²) in [5.74, 6) is 0.791. The van der Waals surface area contributed by atoms with Crippen LogP contribution in [0.3, 0.4) is 0 Å². The van der Waals surface area contributed by atoms with Crippen molar-refractivity contribution in [1.29, 1.82) is 0 Å². The van der Waals surface area contributed by atoms with Gasteiger partial charge >= 0.3 is 0 Å². The summed E-state index contributed by atoms with van der Waals surface area (Å²) in [4.78, 5) is 24.5. The Morgan fingerprint density at radius 3 is 2.43 bits per heavy atom. The first-order valence-corrected chi connectivity index (χ1v) is 9.83. The lowest BCUT2D eigenvalue weighted by Gasteiger charge is -2.27. The van der Waals surface area contributed by atoms with Crippen LogP contribution in [0.5, 0.6) is 0 Å². The van der Waals surface area contributed by atoms with Crippen molar-refractivity contribution < 1.29 is 13.2 Å². The minimum atomic E-state index is -2.94. The van der Waals surface area contributed by atoms with Crippen LogP contribution in [-0.4, -0.2) is 66.9 Å². The lowest BCUT2D eigenvalue weighted by molar-refractivity contribution is 0.0723. The number of carbonyl (C=O) groups is 1. The van der Waals surface area contributed by atoms with Gasteiger partial charge in [-0.1, -0.05) is 0 Å². The molecule has 23 heavy (non-hydrogen) atoms. The van der Waals surface area contributed by atoms with Gasteiger partial charge in [0.25, 0.3) is 5.91 Å². The Morgan fingerprint density at radius 2 is 1.87 bits per heavy atom. The number of anilines is 1. The first kappa shape index (κ1) is 16.2. The molecule has 0 bridgehead atoms. The van der Waals surface area contributed by atoms with Crippen molar-refractivity contribution in [3.8, 4) is 0 Å². The van der Waals surface area contributed by atoms with Gasteiger partial charge in [-0.05, 0) is 25.7 Å². The highest BCUT2D eigenvalue weighted by Crippen LogP contribution is 2.20. The largest absolute Gasteiger partial charge is 0.340 e. The standard InChI is InChI=1S/C15H22N4O3S/c1-18(13-5-8-23(21,22)11-13)15-16-9-12(10-17-15)14(20)19-6-3-2-4-7-19/h9-10,13H,2-8,11H2,1H3. The molecular weight excluding hydrogens is 316 g/mol. The van der Waals surface area contributed by atoms with E-state index in [0.717, 1.165) is 25.9 Å². The minimum Gasteiger partial charge on any atom is -0.340 e. The van der Waals surface area contributed by atoms with Gasteiger partial charge in [0.15, 0.2) is 9.84 Å². The third kappa shape index (κ3) is 3.63. The predicted octanol–water partition coefficient (Wildman–Crippen LogP) is 0.726. The number of likely N-dealkylation sites (tertiary alicyclic amines) is 1. The smallest absolute Gasteiger partial charge is 0.256 e. The second kappa shape index (κ2) is 6.43. The summed E-state index contributed by atoms with van der Waals surface area (Å²) >= 11 is 0. The third-order valence-electron chi connectivity index (χ3n) is 4.60. The van der Waals surface area contributed by atoms with Crippen LogP contribution < -0.4 is 4.90 Å². The number of amides is 1. The van der Waals surface area contributed by atoms with Crippen LogP contribution in [0.1, 0.15) is 36.0 Å². The monoisotopic (exact) mass is 338 g/mol. The Labute approximate surface area is 136 Å². The van der Waals surface area contributed by atoms with Gasteiger partial charge in [-0.3, -0.25) is 4.79 Å². The number of rotatable bonds is 3. The number of hydrogen-bond acceptors (Lipinski definition) is 6. The van der Waals surface area contributed by atoms with Gasteiger partial charge in [0, 0.05) is 38.6 Å². The van der Waals surface area contributed by atoms with Crippen LogP contribution in [0.2, 0.25) is 0 Å². The van der Waals surface area contributed by atoms with E-state index in [2.05, 4.69) is 9.97 Å². The predicted molar refractivity (Wildman–Crippen MR) is 87.2 cm³/mol. The Balaban J connectivity index is 1.68. The van der Waals surface area contributed by atoms with Crippen LogP contribution in [0.25, 0.3) is 0 Å². The Morgan fingerprint density at radius 1 is 1.22 bits per heavy atom. The lowest BCUT2D eigenvalue weighted by atomic mass is 10.1. The molecule has 1 amide bonds. The topological polar surface area (TPSA) is 83.5 Å². The molecule has 2 aliphatic rings. The van der Waals surface area contributed by atoms with Crippen LogP contribution in [0, 0.1) is 0 Å². The van der Waals surface area contributed by atoms with Crippen LogP contribution in [-0.2, 0) is 9.84 Å². The molecule has 3 rings (SSSR count). The summed E-state index contributed by atoms with van der Waals surface area (Å²) in [6.07, 6.45) is 6.94. The number of sulfone groups is 1. The molecule has 0 aliphatic carbocycles. The maximum Gasteiger partial charge on any atom is 0.256 e. The van der Waals surface area contributed by atoms with Gasteiger partial charge in [-0.15, -0.1) is 0 Å². The van der Waals surface area contributed by atoms with Crippen molar-refractivity contribution in [1.82, 2.24) is 14.9 Å². The quantitative estimate of drug-likeness (QED) is 0.808. The first-order valence-electron chi connectivity index (χ1n) is 8.01. The molecule has 7 nitrogen and oxygen atoms in total. The average molecular weight is 338 g/mol. The summed E-state index contributed by atoms with van der Waals surface area (Å²) in [5, 5.41) is 0. The Hall–Kier alpha value is -1.70. The molecule has 2 aliphatic heterocycles. The fraction of sp³-hybridized carbons (Fsp3) is 0.667. The molecule has 0 aromatic carbocycles. The van der Waals surface area contributed by atoms with Crippen molar-refractivity contribution in [2.45, 2.75) is 31.7 Å². The average Bonchev–Trinajstić information content (AvgIpc) is 2.94. The summed E-state index contributed by atoms with van der Waals surface area (Å²) in [6.45, 7) is 1.58. The van der Waals surface area contributed by atoms with Crippen LogP contribution >= 0.6 is 0 Å². The highest BCUT2D eigenvalue weighted by molar-refractivity contribution is 7.91. The minimum absolute atomic E-state index is 0.0256. The molecule has 0 spiro atoms. The van der Waals surface area contributed by atoms with Gasteiger partial charge in [0.2, 0.25) is 5.95 Å². The van der Waals surface area contributed by atoms with Gasteiger partial charge < -0.3 is 9.80 Å². The van der Waals surface area contributed by atoms with Crippen LogP contribution in [0.15, 0.2) is 12.4 Å². The second-order valence-electron chi connectivity index (χ2n) is 6.29. The SMILES string of the molecule is CN(c1ncc(C(=O)N2CCCCC2)cn1)C1CCS(=O)(=O)C1. The molecule has 1 aromatic rings. The fourth-order valence-corrected chi connectivity index (χ4v) is 4.91. The molecule has 0 N–H and O–H groups in total. The lowest BCUT2D eigenvalue weighted by Crippen LogP contribution is -2.36. The zero-order valence-corrected chi connectivity index (χ0v) is 14.1. The highest BCUT2D eigenvalue weighted by atomic mass is 32.2. The van der Waals surface area contributed by atoms with Crippen molar-refractivity contribution in [2.24, 2.45) is 0 Å². The number of aromatic nitrogens is 2. The van der Waals surface area contributed by atoms with Gasteiger partial charge in [0.05, 0.1) is 17.1 Å². The molecule has 126 valence electrons. The normalized spacial score (nSPS) is 23.7. The van der Waals surface area contributed by atoms with Crippen molar-refractivity contribution >= 4 is 21.7 Å². The zero-order valence-electron chi connectivity index (χ0n) is 13.3. The molecule has 0 saturated carbocycles. The van der Waals surface area contributed by atoms with E-state index in [9.17, 15) is 13.2 Å². The van der Waals surface area contributed by atoms with E-state index in [1.807, 2.05) is 4.90 Å². The van der Waals surface area contributed by atoms with Crippen molar-refractivity contribution in [3.05, 3.63) is 18.0 Å². The van der Waals surface area contributed by atoms with E-state index in [1.165, 1.54) is 6.42 Å². The fourth-order valence-electron chi connectivity index (χ4n) is 3.14. The molecule has 0 radical (unpaired) electrons. The molecular formula is C15H22N4O3S. The zero-order chi connectivity index (χ0) is 16.4. The third-order valence-corrected chi connectivity index (χ3v) is 6.35. The number of piperidine rings is 1. The molecule has 1 atom stereocenters. The number of nitrogens with zero attached hydrogens (tertiary/aromatic N) is 4. The van der Waals surface area contributed by atoms with Crippen molar-refractivity contribution in [2.75, 3.05) is 36.5 Å². The number of hydrogen-bond donors (Lipinski definition) is 0. The van der Waals surface area contributed by atoms with Crippen molar-refractivity contribution in [3.63, 3.8) is 0 Å². The van der Waals surface area contributed by atoms with Crippen LogP contribution in [0.4, 0.5) is 5.95 Å². The molecule has 2 saturated heterocycles. The van der Waals surface area contributed by atoms with Gasteiger partial charge in [0.1, 0.15) is 0 Å². The molecule has 3 heterocycles. The first-order chi connectivity index (χ1) is 11.0. The summed E-state index contributed by atoms with van der Waals surface area (Å²) in [5.41, 5.74) is 0.489. The summed E-state index contributed by atoms with van der Waals surface area (Å²) in [7, 11) is -1.14. The van der Waals surface area contributed by atoms with E-state index < -0.39 is 9.84 Å². The van der Waals surface area contributed by atoms with Gasteiger partial charge in [-0.2, -0.15) is 0 Å². The van der Waals surface area contributed by atoms with Gasteiger partial charge in [-0.25, -0.2) is 18.4 Å². The Kier molecular flexibility index (Phi) is 4.52. The van der Waals surface area contributed by atoms with E-state index in [1.54, 1.807) is 24.3 Å². The van der Waals surface area contributed by atoms with E-state index >= 15 is 0 Å². The second-order valence-corrected chi connectivity index (χ2v) is 8.52. The molecule has 8 heteroatoms. The van der Waals surface area contributed by atoms with E-state index in [4.69, 9.17) is 0 Å². The van der Waals surface area contributed by atoms with E-state index in [-0.39, 0.29) is 23.5 Å². The summed E-state index contributed by atoms with van der Waals surface area (Å²) < 4.78 is 23.2. The number of carbonyl (C=O) groups excluding carboxylic acids is 1. The highest BCUT2D eigenvalue weighted by Gasteiger charge is 2.31.